The molecule has 0 aromatic heterocycles. The van der Waals surface area contributed by atoms with Gasteiger partial charge < -0.3 is 20.4 Å². The Labute approximate surface area is 130 Å². The van der Waals surface area contributed by atoms with Crippen molar-refractivity contribution in [3.63, 3.8) is 0 Å². The number of oxime groups is 1. The van der Waals surface area contributed by atoms with Crippen molar-refractivity contribution in [3.8, 4) is 0 Å². The molecule has 9 nitrogen and oxygen atoms in total. The Kier molecular flexibility index (Phi) is 5.03. The molecule has 0 radical (unpaired) electrons. The van der Waals surface area contributed by atoms with Crippen LogP contribution in [0.1, 0.15) is 6.92 Å². The number of ether oxygens (including phenoxy) is 1. The van der Waals surface area contributed by atoms with Crippen molar-refractivity contribution in [3.05, 3.63) is 11.3 Å². The molecule has 0 aliphatic carbocycles. The molecule has 2 aliphatic rings. The standard InChI is InChI=1S/C12H15N3O6S/c1-2-20-7(16)4-21-14-3-6-5-22-11-8(13)10(17)15(11)9(6)12(18)19/h3,8,11H,2,4-5,13H2,1H3,(H,18,19)/b14-3+/t8-,11-/m1/s1. The maximum absolute atomic E-state index is 11.7. The number of aliphatic carboxylic acids is 1. The fraction of sp³-hybridized carbons (Fsp3) is 0.500. The van der Waals surface area contributed by atoms with Gasteiger partial charge in [-0.2, -0.15) is 0 Å². The smallest absolute Gasteiger partial charge is 0.353 e. The lowest BCUT2D eigenvalue weighted by Crippen LogP contribution is -2.68. The summed E-state index contributed by atoms with van der Waals surface area (Å²) < 4.78 is 4.64. The van der Waals surface area contributed by atoms with Gasteiger partial charge in [0.25, 0.3) is 0 Å². The number of carbonyl (C=O) groups excluding carboxylic acids is 2. The molecule has 1 saturated heterocycles. The molecule has 22 heavy (non-hydrogen) atoms. The van der Waals surface area contributed by atoms with Gasteiger partial charge in [-0.25, -0.2) is 9.59 Å². The fourth-order valence-corrected chi connectivity index (χ4v) is 3.28. The molecular weight excluding hydrogens is 314 g/mol. The monoisotopic (exact) mass is 329 g/mol. The molecule has 0 aromatic carbocycles. The van der Waals surface area contributed by atoms with Crippen molar-refractivity contribution in [2.75, 3.05) is 19.0 Å². The number of hydrogen-bond acceptors (Lipinski definition) is 8. The molecular formula is C12H15N3O6S. The zero-order valence-electron chi connectivity index (χ0n) is 11.7. The predicted octanol–water partition coefficient (Wildman–Crippen LogP) is -0.867. The van der Waals surface area contributed by atoms with Crippen molar-refractivity contribution in [1.82, 2.24) is 4.90 Å². The topological polar surface area (TPSA) is 132 Å². The maximum atomic E-state index is 11.7. The molecule has 2 rings (SSSR count). The second-order valence-electron chi connectivity index (χ2n) is 4.43. The lowest BCUT2D eigenvalue weighted by molar-refractivity contribution is -0.148. The number of nitrogens with two attached hydrogens (primary N) is 1. The highest BCUT2D eigenvalue weighted by Crippen LogP contribution is 2.38. The lowest BCUT2D eigenvalue weighted by atomic mass is 10.0. The first-order valence-electron chi connectivity index (χ1n) is 6.45. The zero-order valence-corrected chi connectivity index (χ0v) is 12.5. The molecule has 0 unspecified atom stereocenters. The van der Waals surface area contributed by atoms with E-state index in [2.05, 4.69) is 9.89 Å². The summed E-state index contributed by atoms with van der Waals surface area (Å²) >= 11 is 1.35. The Hall–Kier alpha value is -2.07. The normalized spacial score (nSPS) is 24.1. The van der Waals surface area contributed by atoms with E-state index in [1.807, 2.05) is 0 Å². The van der Waals surface area contributed by atoms with E-state index in [9.17, 15) is 19.5 Å². The SMILES string of the molecule is CCOC(=O)CO/N=C/C1=C(C(=O)O)N2C(=O)[C@@H](N)[C@H]2SC1. The van der Waals surface area contributed by atoms with Crippen molar-refractivity contribution in [1.29, 1.82) is 0 Å². The molecule has 2 atom stereocenters. The third-order valence-electron chi connectivity index (χ3n) is 3.01. The van der Waals surface area contributed by atoms with Gasteiger partial charge in [-0.15, -0.1) is 11.8 Å². The third kappa shape index (κ3) is 3.07. The molecule has 10 heteroatoms. The van der Waals surface area contributed by atoms with Gasteiger partial charge in [0.2, 0.25) is 12.5 Å². The number of thioether (sulfide) groups is 1. The lowest BCUT2D eigenvalue weighted by Gasteiger charge is -2.47. The van der Waals surface area contributed by atoms with Crippen LogP contribution in [-0.4, -0.2) is 64.4 Å². The Balaban J connectivity index is 2.06. The molecule has 2 heterocycles. The van der Waals surface area contributed by atoms with Crippen LogP contribution in [0.3, 0.4) is 0 Å². The van der Waals surface area contributed by atoms with Crippen LogP contribution < -0.4 is 5.73 Å². The Morgan fingerprint density at radius 1 is 1.59 bits per heavy atom. The van der Waals surface area contributed by atoms with E-state index in [0.29, 0.717) is 11.3 Å². The molecule has 2 aliphatic heterocycles. The van der Waals surface area contributed by atoms with E-state index in [0.717, 1.165) is 4.90 Å². The van der Waals surface area contributed by atoms with Gasteiger partial charge in [0, 0.05) is 11.3 Å². The largest absolute Gasteiger partial charge is 0.477 e. The summed E-state index contributed by atoms with van der Waals surface area (Å²) in [5, 5.41) is 12.5. The molecule has 0 saturated carbocycles. The van der Waals surface area contributed by atoms with Crippen LogP contribution in [0.2, 0.25) is 0 Å². The van der Waals surface area contributed by atoms with Gasteiger partial charge in [0.15, 0.2) is 0 Å². The average molecular weight is 329 g/mol. The van der Waals surface area contributed by atoms with E-state index in [-0.39, 0.29) is 24.3 Å². The Morgan fingerprint density at radius 2 is 2.32 bits per heavy atom. The highest BCUT2D eigenvalue weighted by atomic mass is 32.2. The first kappa shape index (κ1) is 16.3. The van der Waals surface area contributed by atoms with Gasteiger partial charge in [-0.1, -0.05) is 5.16 Å². The van der Waals surface area contributed by atoms with E-state index in [4.69, 9.17) is 10.6 Å². The molecule has 0 bridgehead atoms. The Morgan fingerprint density at radius 3 is 2.95 bits per heavy atom. The number of esters is 1. The molecule has 1 fully saturated rings. The van der Waals surface area contributed by atoms with Crippen molar-refractivity contribution in [2.45, 2.75) is 18.3 Å². The molecule has 120 valence electrons. The van der Waals surface area contributed by atoms with Gasteiger partial charge >= 0.3 is 11.9 Å². The van der Waals surface area contributed by atoms with Crippen molar-refractivity contribution in [2.24, 2.45) is 10.9 Å². The van der Waals surface area contributed by atoms with E-state index >= 15 is 0 Å². The van der Waals surface area contributed by atoms with Crippen molar-refractivity contribution >= 4 is 35.8 Å². The van der Waals surface area contributed by atoms with E-state index in [1.54, 1.807) is 6.92 Å². The quantitative estimate of drug-likeness (QED) is 0.278. The average Bonchev–Trinajstić information content (AvgIpc) is 2.50. The highest BCUT2D eigenvalue weighted by molar-refractivity contribution is 8.00. The molecule has 1 amide bonds. The van der Waals surface area contributed by atoms with E-state index in [1.165, 1.54) is 18.0 Å². The number of fused-ring (bicyclic) bond motifs is 1. The summed E-state index contributed by atoms with van der Waals surface area (Å²) in [6.07, 6.45) is 1.18. The third-order valence-corrected chi connectivity index (χ3v) is 4.34. The number of carboxylic acids is 1. The number of rotatable bonds is 6. The van der Waals surface area contributed by atoms with Gasteiger partial charge in [-0.05, 0) is 6.92 Å². The van der Waals surface area contributed by atoms with Crippen LogP contribution in [-0.2, 0) is 24.0 Å². The summed E-state index contributed by atoms with van der Waals surface area (Å²) in [7, 11) is 0. The van der Waals surface area contributed by atoms with Crippen LogP contribution in [0.15, 0.2) is 16.4 Å². The number of nitrogens with zero attached hydrogens (tertiary/aromatic N) is 2. The summed E-state index contributed by atoms with van der Waals surface area (Å²) in [5.41, 5.74) is 5.79. The van der Waals surface area contributed by atoms with Crippen LogP contribution >= 0.6 is 11.8 Å². The predicted molar refractivity (Wildman–Crippen MR) is 76.8 cm³/mol. The fourth-order valence-electron chi connectivity index (χ4n) is 2.03. The highest BCUT2D eigenvalue weighted by Gasteiger charge is 2.51. The van der Waals surface area contributed by atoms with Crippen LogP contribution in [0.25, 0.3) is 0 Å². The molecule has 0 aromatic rings. The van der Waals surface area contributed by atoms with E-state index < -0.39 is 23.9 Å². The number of carbonyl (C=O) groups is 3. The minimum absolute atomic E-state index is 0.154. The van der Waals surface area contributed by atoms with Crippen molar-refractivity contribution < 1.29 is 29.1 Å². The maximum Gasteiger partial charge on any atom is 0.353 e. The number of hydrogen-bond donors (Lipinski definition) is 2. The van der Waals surface area contributed by atoms with Gasteiger partial charge in [0.1, 0.15) is 17.1 Å². The number of carboxylic acid groups (broad SMARTS) is 1. The van der Waals surface area contributed by atoms with Gasteiger partial charge in [-0.3, -0.25) is 9.69 Å². The minimum atomic E-state index is -1.24. The molecule has 3 N–H and O–H groups in total. The summed E-state index contributed by atoms with van der Waals surface area (Å²) in [6.45, 7) is 1.52. The van der Waals surface area contributed by atoms with Gasteiger partial charge in [0.05, 0.1) is 12.8 Å². The summed E-state index contributed by atoms with van der Waals surface area (Å²) in [4.78, 5) is 40.0. The zero-order chi connectivity index (χ0) is 16.3. The second kappa shape index (κ2) is 6.79. The summed E-state index contributed by atoms with van der Waals surface area (Å²) in [6, 6.07) is -0.682. The summed E-state index contributed by atoms with van der Waals surface area (Å²) in [5.74, 6) is -1.92. The first-order chi connectivity index (χ1) is 10.5. The molecule has 0 spiro atoms. The minimum Gasteiger partial charge on any atom is -0.477 e. The number of amides is 1. The Bertz CT molecular complexity index is 561. The van der Waals surface area contributed by atoms with Crippen LogP contribution in [0, 0.1) is 0 Å². The van der Waals surface area contributed by atoms with Crippen LogP contribution in [0.4, 0.5) is 0 Å². The number of β-lactam (4-membered cyclic amide) rings is 1. The first-order valence-corrected chi connectivity index (χ1v) is 7.50. The van der Waals surface area contributed by atoms with Crippen LogP contribution in [0.5, 0.6) is 0 Å². The second-order valence-corrected chi connectivity index (χ2v) is 5.53.